The van der Waals surface area contributed by atoms with Gasteiger partial charge in [-0.3, -0.25) is 24.6 Å². The lowest BCUT2D eigenvalue weighted by Gasteiger charge is -2.42. The van der Waals surface area contributed by atoms with Gasteiger partial charge in [-0.1, -0.05) is 27.2 Å². The molecule has 0 aromatic heterocycles. The zero-order chi connectivity index (χ0) is 24.4. The standard InChI is InChI=1S/C23H32N4O6/c1-4-22(2,3)16-9-11-23(12-10-16)20(30)26(21(31)25-23)14-19(29)24-13-18(28)15-5-7-17(8-6-15)27(32)33/h5-8,16,18,28H,4,9-14H2,1-3H3,(H,24,29)(H,25,31). The summed E-state index contributed by atoms with van der Waals surface area (Å²) in [5, 5.41) is 26.3. The molecule has 1 aromatic rings. The average molecular weight is 461 g/mol. The highest BCUT2D eigenvalue weighted by Crippen LogP contribution is 2.45. The summed E-state index contributed by atoms with van der Waals surface area (Å²) in [6.07, 6.45) is 2.76. The summed E-state index contributed by atoms with van der Waals surface area (Å²) in [4.78, 5) is 49.0. The SMILES string of the molecule is CCC(C)(C)C1CCC2(CC1)NC(=O)N(CC(=O)NCC(O)c1ccc([N+](=O)[O-])cc1)C2=O. The van der Waals surface area contributed by atoms with Crippen LogP contribution in [0.1, 0.15) is 64.5 Å². The van der Waals surface area contributed by atoms with E-state index in [1.165, 1.54) is 24.3 Å². The summed E-state index contributed by atoms with van der Waals surface area (Å²) >= 11 is 0. The molecule has 1 saturated carbocycles. The van der Waals surface area contributed by atoms with E-state index in [0.29, 0.717) is 24.3 Å². The zero-order valence-corrected chi connectivity index (χ0v) is 19.3. The number of hydrogen-bond acceptors (Lipinski definition) is 6. The first kappa shape index (κ1) is 24.6. The van der Waals surface area contributed by atoms with Crippen LogP contribution in [0, 0.1) is 21.4 Å². The minimum Gasteiger partial charge on any atom is -0.387 e. The molecular formula is C23H32N4O6. The maximum absolute atomic E-state index is 13.1. The predicted molar refractivity (Wildman–Crippen MR) is 120 cm³/mol. The van der Waals surface area contributed by atoms with Crippen LogP contribution in [0.5, 0.6) is 0 Å². The predicted octanol–water partition coefficient (Wildman–Crippen LogP) is 2.66. The van der Waals surface area contributed by atoms with E-state index in [0.717, 1.165) is 24.2 Å². The number of aliphatic hydroxyl groups excluding tert-OH is 1. The molecule has 2 aliphatic rings. The second kappa shape index (κ2) is 9.46. The summed E-state index contributed by atoms with van der Waals surface area (Å²) in [5.41, 5.74) is -0.454. The number of hydrogen-bond donors (Lipinski definition) is 3. The van der Waals surface area contributed by atoms with Crippen LogP contribution in [0.2, 0.25) is 0 Å². The fourth-order valence-electron chi connectivity index (χ4n) is 4.69. The number of non-ortho nitro benzene ring substituents is 1. The fourth-order valence-corrected chi connectivity index (χ4v) is 4.69. The monoisotopic (exact) mass is 460 g/mol. The molecule has 1 aliphatic carbocycles. The van der Waals surface area contributed by atoms with Crippen LogP contribution in [0.4, 0.5) is 10.5 Å². The lowest BCUT2D eigenvalue weighted by Crippen LogP contribution is -2.51. The molecule has 3 rings (SSSR count). The van der Waals surface area contributed by atoms with Crippen molar-refractivity contribution in [3.8, 4) is 0 Å². The minimum atomic E-state index is -1.08. The molecule has 1 aromatic carbocycles. The van der Waals surface area contributed by atoms with Gasteiger partial charge in [-0.2, -0.15) is 0 Å². The maximum Gasteiger partial charge on any atom is 0.325 e. The number of benzene rings is 1. The smallest absolute Gasteiger partial charge is 0.325 e. The molecule has 1 aliphatic heterocycles. The Morgan fingerprint density at radius 1 is 1.30 bits per heavy atom. The Kier molecular flexibility index (Phi) is 7.06. The van der Waals surface area contributed by atoms with Crippen LogP contribution < -0.4 is 10.6 Å². The van der Waals surface area contributed by atoms with Crippen LogP contribution in [0.3, 0.4) is 0 Å². The molecule has 1 saturated heterocycles. The normalized spacial score (nSPS) is 24.0. The van der Waals surface area contributed by atoms with Gasteiger partial charge in [-0.15, -0.1) is 0 Å². The van der Waals surface area contributed by atoms with Gasteiger partial charge in [-0.25, -0.2) is 4.79 Å². The molecular weight excluding hydrogens is 428 g/mol. The van der Waals surface area contributed by atoms with Crippen molar-refractivity contribution in [3.05, 3.63) is 39.9 Å². The number of nitro benzene ring substituents is 1. The molecule has 4 amide bonds. The third-order valence-electron chi connectivity index (χ3n) is 7.38. The summed E-state index contributed by atoms with van der Waals surface area (Å²) in [5.74, 6) is -0.459. The molecule has 10 nitrogen and oxygen atoms in total. The molecule has 1 heterocycles. The molecule has 0 bridgehead atoms. The molecule has 0 radical (unpaired) electrons. The van der Waals surface area contributed by atoms with Crippen molar-refractivity contribution in [3.63, 3.8) is 0 Å². The Labute approximate surface area is 192 Å². The molecule has 1 unspecified atom stereocenters. The van der Waals surface area contributed by atoms with Crippen molar-refractivity contribution in [2.45, 2.75) is 64.5 Å². The van der Waals surface area contributed by atoms with Crippen molar-refractivity contribution >= 4 is 23.5 Å². The number of urea groups is 1. The van der Waals surface area contributed by atoms with Crippen LogP contribution in [-0.4, -0.2) is 51.4 Å². The number of nitrogens with one attached hydrogen (secondary N) is 2. The Balaban J connectivity index is 1.53. The highest BCUT2D eigenvalue weighted by atomic mass is 16.6. The van der Waals surface area contributed by atoms with Crippen molar-refractivity contribution in [2.75, 3.05) is 13.1 Å². The topological polar surface area (TPSA) is 142 Å². The highest BCUT2D eigenvalue weighted by Gasteiger charge is 2.53. The van der Waals surface area contributed by atoms with E-state index in [1.54, 1.807) is 0 Å². The summed E-state index contributed by atoms with van der Waals surface area (Å²) in [7, 11) is 0. The van der Waals surface area contributed by atoms with Gasteiger partial charge >= 0.3 is 6.03 Å². The number of aliphatic hydroxyl groups is 1. The summed E-state index contributed by atoms with van der Waals surface area (Å²) in [6, 6.07) is 4.78. The Morgan fingerprint density at radius 3 is 2.45 bits per heavy atom. The summed E-state index contributed by atoms with van der Waals surface area (Å²) in [6.45, 7) is 6.03. The fraction of sp³-hybridized carbons (Fsp3) is 0.609. The Morgan fingerprint density at radius 2 is 1.91 bits per heavy atom. The molecule has 180 valence electrons. The third-order valence-corrected chi connectivity index (χ3v) is 7.38. The van der Waals surface area contributed by atoms with Crippen LogP contribution in [-0.2, 0) is 9.59 Å². The van der Waals surface area contributed by atoms with Gasteiger partial charge in [0.05, 0.1) is 11.0 Å². The van der Waals surface area contributed by atoms with Gasteiger partial charge < -0.3 is 15.7 Å². The highest BCUT2D eigenvalue weighted by molar-refractivity contribution is 6.09. The van der Waals surface area contributed by atoms with Gasteiger partial charge in [0.1, 0.15) is 12.1 Å². The molecule has 2 fully saturated rings. The van der Waals surface area contributed by atoms with Crippen molar-refractivity contribution in [1.29, 1.82) is 0 Å². The molecule has 10 heteroatoms. The number of rotatable bonds is 8. The van der Waals surface area contributed by atoms with E-state index in [2.05, 4.69) is 31.4 Å². The second-order valence-electron chi connectivity index (χ2n) is 9.69. The molecule has 3 N–H and O–H groups in total. The number of amides is 4. The third kappa shape index (κ3) is 5.16. The number of carbonyl (C=O) groups is 3. The largest absolute Gasteiger partial charge is 0.387 e. The maximum atomic E-state index is 13.1. The Hall–Kier alpha value is -3.01. The number of nitrogens with zero attached hydrogens (tertiary/aromatic N) is 2. The first-order valence-corrected chi connectivity index (χ1v) is 11.3. The van der Waals surface area contributed by atoms with Crippen molar-refractivity contribution < 1.29 is 24.4 Å². The number of imide groups is 1. The second-order valence-corrected chi connectivity index (χ2v) is 9.69. The minimum absolute atomic E-state index is 0.102. The molecule has 33 heavy (non-hydrogen) atoms. The summed E-state index contributed by atoms with van der Waals surface area (Å²) < 4.78 is 0. The van der Waals surface area contributed by atoms with E-state index in [-0.39, 0.29) is 23.6 Å². The van der Waals surface area contributed by atoms with E-state index >= 15 is 0 Å². The van der Waals surface area contributed by atoms with Crippen LogP contribution in [0.15, 0.2) is 24.3 Å². The lowest BCUT2D eigenvalue weighted by atomic mass is 9.65. The van der Waals surface area contributed by atoms with Gasteiger partial charge in [0.15, 0.2) is 0 Å². The van der Waals surface area contributed by atoms with Gasteiger partial charge in [0, 0.05) is 18.7 Å². The van der Waals surface area contributed by atoms with Gasteiger partial charge in [-0.05, 0) is 54.7 Å². The van der Waals surface area contributed by atoms with Gasteiger partial charge in [0.25, 0.3) is 11.6 Å². The first-order valence-electron chi connectivity index (χ1n) is 11.3. The van der Waals surface area contributed by atoms with E-state index in [4.69, 9.17) is 0 Å². The Bertz CT molecular complexity index is 921. The van der Waals surface area contributed by atoms with Crippen molar-refractivity contribution in [2.24, 2.45) is 11.3 Å². The molecule has 1 atom stereocenters. The van der Waals surface area contributed by atoms with Crippen molar-refractivity contribution in [1.82, 2.24) is 15.5 Å². The average Bonchev–Trinajstić information content (AvgIpc) is 3.01. The lowest BCUT2D eigenvalue weighted by molar-refractivity contribution is -0.384. The van der Waals surface area contributed by atoms with Crippen LogP contribution in [0.25, 0.3) is 0 Å². The zero-order valence-electron chi connectivity index (χ0n) is 19.3. The van der Waals surface area contributed by atoms with Crippen LogP contribution >= 0.6 is 0 Å². The number of nitro groups is 1. The van der Waals surface area contributed by atoms with Gasteiger partial charge in [0.2, 0.25) is 5.91 Å². The van der Waals surface area contributed by atoms with E-state index < -0.39 is 35.0 Å². The quantitative estimate of drug-likeness (QED) is 0.309. The molecule has 1 spiro atoms. The van der Waals surface area contributed by atoms with E-state index in [1.807, 2.05) is 0 Å². The van der Waals surface area contributed by atoms with E-state index in [9.17, 15) is 29.6 Å². The number of carbonyl (C=O) groups excluding carboxylic acids is 3. The first-order chi connectivity index (χ1) is 15.5.